The van der Waals surface area contributed by atoms with Crippen molar-refractivity contribution in [2.75, 3.05) is 23.7 Å². The molecular formula is C37H46N8O4. The van der Waals surface area contributed by atoms with Crippen molar-refractivity contribution in [3.8, 4) is 0 Å². The van der Waals surface area contributed by atoms with Gasteiger partial charge in [-0.15, -0.1) is 9.46 Å². The summed E-state index contributed by atoms with van der Waals surface area (Å²) in [5, 5.41) is 18.2. The number of anilines is 2. The third-order valence-corrected chi connectivity index (χ3v) is 9.72. The van der Waals surface area contributed by atoms with Crippen molar-refractivity contribution in [3.05, 3.63) is 92.8 Å². The number of nitrogens with zero attached hydrogens (tertiary/aromatic N) is 6. The van der Waals surface area contributed by atoms with Gasteiger partial charge in [0.25, 0.3) is 11.1 Å². The van der Waals surface area contributed by atoms with Gasteiger partial charge in [-0.25, -0.2) is 19.9 Å². The minimum atomic E-state index is -0.480. The number of pyridine rings is 2. The van der Waals surface area contributed by atoms with Crippen LogP contribution in [0.15, 0.2) is 64.7 Å². The van der Waals surface area contributed by atoms with Gasteiger partial charge in [0.15, 0.2) is 11.3 Å². The highest BCUT2D eigenvalue weighted by Gasteiger charge is 2.18. The van der Waals surface area contributed by atoms with Gasteiger partial charge in [-0.3, -0.25) is 9.59 Å². The van der Waals surface area contributed by atoms with Crippen molar-refractivity contribution >= 4 is 33.4 Å². The van der Waals surface area contributed by atoms with Gasteiger partial charge < -0.3 is 20.7 Å². The Morgan fingerprint density at radius 1 is 0.714 bits per heavy atom. The predicted molar refractivity (Wildman–Crippen MR) is 191 cm³/mol. The minimum absolute atomic E-state index is 0.229. The van der Waals surface area contributed by atoms with Crippen LogP contribution in [-0.4, -0.2) is 47.7 Å². The van der Waals surface area contributed by atoms with E-state index in [1.54, 1.807) is 6.07 Å². The molecule has 0 saturated heterocycles. The van der Waals surface area contributed by atoms with E-state index in [4.69, 9.17) is 4.84 Å². The second kappa shape index (κ2) is 15.9. The lowest BCUT2D eigenvalue weighted by atomic mass is 9.89. The van der Waals surface area contributed by atoms with Gasteiger partial charge in [-0.2, -0.15) is 0 Å². The molecule has 0 atom stereocenters. The zero-order valence-corrected chi connectivity index (χ0v) is 28.4. The molecule has 4 heterocycles. The maximum atomic E-state index is 12.8. The Kier molecular flexibility index (Phi) is 11.0. The molecule has 0 bridgehead atoms. The van der Waals surface area contributed by atoms with Crippen LogP contribution < -0.4 is 26.6 Å². The van der Waals surface area contributed by atoms with Crippen molar-refractivity contribution in [2.45, 2.75) is 84.7 Å². The molecule has 0 unspecified atom stereocenters. The average molecular weight is 667 g/mol. The Morgan fingerprint density at radius 3 is 1.80 bits per heavy atom. The highest BCUT2D eigenvalue weighted by molar-refractivity contribution is 5.91. The van der Waals surface area contributed by atoms with Crippen molar-refractivity contribution in [1.82, 2.24) is 29.4 Å². The number of fused-ring (bicyclic) bond motifs is 2. The molecule has 0 spiro atoms. The number of nitrogens with one attached hydrogen (secondary N) is 2. The molecule has 2 aliphatic rings. The molecule has 12 heteroatoms. The molecule has 7 rings (SSSR count). The average Bonchev–Trinajstić information content (AvgIpc) is 3.13. The second-order valence-electron chi connectivity index (χ2n) is 13.2. The van der Waals surface area contributed by atoms with Gasteiger partial charge in [-0.05, 0) is 56.9 Å². The van der Waals surface area contributed by atoms with Crippen LogP contribution >= 0.6 is 0 Å². The van der Waals surface area contributed by atoms with Gasteiger partial charge in [0, 0.05) is 25.2 Å². The molecule has 2 aliphatic carbocycles. The summed E-state index contributed by atoms with van der Waals surface area (Å²) in [7, 11) is 0. The highest BCUT2D eigenvalue weighted by atomic mass is 16.7. The van der Waals surface area contributed by atoms with E-state index in [-0.39, 0.29) is 11.2 Å². The summed E-state index contributed by atoms with van der Waals surface area (Å²) in [5.74, 6) is 1.31. The summed E-state index contributed by atoms with van der Waals surface area (Å²) >= 11 is 0. The van der Waals surface area contributed by atoms with Gasteiger partial charge in [-0.1, -0.05) is 68.9 Å². The van der Waals surface area contributed by atoms with E-state index in [9.17, 15) is 14.8 Å². The minimum Gasteiger partial charge on any atom is -0.423 e. The first-order chi connectivity index (χ1) is 23.9. The predicted octanol–water partition coefficient (Wildman–Crippen LogP) is 6.05. The number of aromatic nitrogens is 6. The third kappa shape index (κ3) is 8.18. The van der Waals surface area contributed by atoms with E-state index in [2.05, 4.69) is 30.6 Å². The number of hydrogen-bond acceptors (Lipinski definition) is 10. The summed E-state index contributed by atoms with van der Waals surface area (Å²) in [6.45, 7) is 5.80. The SMILES string of the molecule is Cc1ncnc2c1c(NCC1CCCCC1)cc(=O)n2O.Cc1ncnc2c1c(NCC1CCCCC1)cc(=O)n2OCc1ccccc1. The zero-order chi connectivity index (χ0) is 34.2. The molecule has 2 fully saturated rings. The fraction of sp³-hybridized carbons (Fsp3) is 0.459. The maximum Gasteiger partial charge on any atom is 0.287 e. The number of hydrogen-bond donors (Lipinski definition) is 3. The van der Waals surface area contributed by atoms with Crippen molar-refractivity contribution in [1.29, 1.82) is 0 Å². The Labute approximate surface area is 285 Å². The highest BCUT2D eigenvalue weighted by Crippen LogP contribution is 2.28. The van der Waals surface area contributed by atoms with E-state index < -0.39 is 5.56 Å². The summed E-state index contributed by atoms with van der Waals surface area (Å²) in [5.41, 5.74) is 4.12. The monoisotopic (exact) mass is 666 g/mol. The van der Waals surface area contributed by atoms with Gasteiger partial charge >= 0.3 is 0 Å². The zero-order valence-electron chi connectivity index (χ0n) is 28.4. The van der Waals surface area contributed by atoms with Crippen LogP contribution in [0.1, 0.15) is 81.2 Å². The van der Waals surface area contributed by atoms with Crippen LogP contribution in [0.2, 0.25) is 0 Å². The lowest BCUT2D eigenvalue weighted by Crippen LogP contribution is -2.28. The Morgan fingerprint density at radius 2 is 1.22 bits per heavy atom. The maximum absolute atomic E-state index is 12.8. The molecule has 0 radical (unpaired) electrons. The van der Waals surface area contributed by atoms with Crippen LogP contribution in [0.3, 0.4) is 0 Å². The Bertz CT molecular complexity index is 1980. The molecule has 5 aromatic rings. The lowest BCUT2D eigenvalue weighted by Gasteiger charge is -2.23. The largest absolute Gasteiger partial charge is 0.423 e. The molecule has 12 nitrogen and oxygen atoms in total. The summed E-state index contributed by atoms with van der Waals surface area (Å²) in [4.78, 5) is 47.3. The van der Waals surface area contributed by atoms with E-state index in [0.29, 0.717) is 39.9 Å². The molecular weight excluding hydrogens is 620 g/mol. The van der Waals surface area contributed by atoms with Crippen LogP contribution in [0.25, 0.3) is 22.1 Å². The quantitative estimate of drug-likeness (QED) is 0.159. The fourth-order valence-electron chi connectivity index (χ4n) is 7.00. The third-order valence-electron chi connectivity index (χ3n) is 9.72. The second-order valence-corrected chi connectivity index (χ2v) is 13.2. The van der Waals surface area contributed by atoms with Gasteiger partial charge in [0.1, 0.15) is 19.3 Å². The first-order valence-corrected chi connectivity index (χ1v) is 17.5. The summed E-state index contributed by atoms with van der Waals surface area (Å²) in [6, 6.07) is 12.8. The Hall–Kier alpha value is -5.00. The molecule has 2 saturated carbocycles. The molecule has 0 aliphatic heterocycles. The van der Waals surface area contributed by atoms with E-state index in [1.807, 2.05) is 44.2 Å². The molecule has 49 heavy (non-hydrogen) atoms. The molecule has 4 aromatic heterocycles. The first-order valence-electron chi connectivity index (χ1n) is 17.5. The van der Waals surface area contributed by atoms with E-state index >= 15 is 0 Å². The first kappa shape index (κ1) is 33.9. The molecule has 3 N–H and O–H groups in total. The van der Waals surface area contributed by atoms with Crippen LogP contribution in [0.4, 0.5) is 11.4 Å². The number of rotatable bonds is 9. The summed E-state index contributed by atoms with van der Waals surface area (Å²) < 4.78 is 1.86. The normalized spacial score (nSPS) is 15.5. The lowest BCUT2D eigenvalue weighted by molar-refractivity contribution is 0.0979. The molecule has 1 aromatic carbocycles. The van der Waals surface area contributed by atoms with Crippen molar-refractivity contribution < 1.29 is 10.0 Å². The molecule has 258 valence electrons. The topological polar surface area (TPSA) is 149 Å². The molecule has 0 amide bonds. The van der Waals surface area contributed by atoms with Crippen LogP contribution in [-0.2, 0) is 6.61 Å². The van der Waals surface area contributed by atoms with Crippen molar-refractivity contribution in [2.24, 2.45) is 11.8 Å². The van der Waals surface area contributed by atoms with E-state index in [1.165, 1.54) is 87.7 Å². The summed E-state index contributed by atoms with van der Waals surface area (Å²) in [6.07, 6.45) is 15.6. The van der Waals surface area contributed by atoms with Crippen LogP contribution in [0.5, 0.6) is 0 Å². The standard InChI is InChI=1S/C22H26N4O2.C15H20N4O2/c1-16-21-19(23-13-17-8-4-2-5-9-17)12-20(27)26(22(21)25-15-24-16)28-14-18-10-6-3-7-11-18;1-10-14-12(16-8-11-5-3-2-4-6-11)7-13(20)19(21)15(14)18-9-17-10/h3,6-7,10-12,15,17,23H,2,4-5,8-9,13-14H2,1H3;7,9,11,16,21H,2-6,8H2,1H3. The van der Waals surface area contributed by atoms with Gasteiger partial charge in [0.2, 0.25) is 0 Å². The Balaban J connectivity index is 0.000000177. The number of aryl methyl sites for hydroxylation is 2. The fourth-order valence-corrected chi connectivity index (χ4v) is 7.00. The van der Waals surface area contributed by atoms with Crippen LogP contribution in [0, 0.1) is 25.7 Å². The smallest absolute Gasteiger partial charge is 0.287 e. The van der Waals surface area contributed by atoms with E-state index in [0.717, 1.165) is 41.1 Å². The van der Waals surface area contributed by atoms with Crippen molar-refractivity contribution in [3.63, 3.8) is 0 Å². The number of benzene rings is 1. The van der Waals surface area contributed by atoms with Gasteiger partial charge in [0.05, 0.1) is 33.5 Å².